The van der Waals surface area contributed by atoms with Crippen LogP contribution < -0.4 is 0 Å². The van der Waals surface area contributed by atoms with Crippen molar-refractivity contribution in [1.82, 2.24) is 9.80 Å². The number of benzene rings is 1. The van der Waals surface area contributed by atoms with Crippen LogP contribution in [-0.2, 0) is 0 Å². The lowest BCUT2D eigenvalue weighted by Gasteiger charge is -2.24. The Kier molecular flexibility index (Phi) is 7.86. The number of aliphatic hydroxyl groups is 1. The predicted molar refractivity (Wildman–Crippen MR) is 86.0 cm³/mol. The second-order valence-electron chi connectivity index (χ2n) is 5.96. The highest BCUT2D eigenvalue weighted by Gasteiger charge is 2.12. The molecule has 0 aliphatic carbocycles. The molecule has 1 atom stereocenters. The summed E-state index contributed by atoms with van der Waals surface area (Å²) in [4.78, 5) is 4.52. The van der Waals surface area contributed by atoms with Crippen molar-refractivity contribution in [2.45, 2.75) is 32.8 Å². The normalized spacial score (nSPS) is 13.1. The number of nitrogens with zero attached hydrogens (tertiary/aromatic N) is 2. The van der Waals surface area contributed by atoms with E-state index in [0.717, 1.165) is 32.6 Å². The third-order valence-electron chi connectivity index (χ3n) is 3.70. The van der Waals surface area contributed by atoms with Crippen molar-refractivity contribution in [2.24, 2.45) is 0 Å². The van der Waals surface area contributed by atoms with Crippen LogP contribution in [0.25, 0.3) is 0 Å². The average molecular weight is 296 g/mol. The molecule has 0 heterocycles. The Morgan fingerprint density at radius 3 is 2.43 bits per heavy atom. The molecule has 0 bridgehead atoms. The maximum absolute atomic E-state index is 13.5. The van der Waals surface area contributed by atoms with Gasteiger partial charge in [0.2, 0.25) is 0 Å². The second kappa shape index (κ2) is 9.13. The fraction of sp³-hybridized carbons (Fsp3) is 0.647. The summed E-state index contributed by atoms with van der Waals surface area (Å²) >= 11 is 0. The first-order valence-electron chi connectivity index (χ1n) is 7.75. The third kappa shape index (κ3) is 6.55. The number of hydrogen-bond acceptors (Lipinski definition) is 3. The molecule has 1 rings (SSSR count). The van der Waals surface area contributed by atoms with Gasteiger partial charge in [0, 0.05) is 19.6 Å². The van der Waals surface area contributed by atoms with E-state index in [1.54, 1.807) is 13.0 Å². The first kappa shape index (κ1) is 18.1. The van der Waals surface area contributed by atoms with Gasteiger partial charge in [0.15, 0.2) is 0 Å². The third-order valence-corrected chi connectivity index (χ3v) is 3.70. The highest BCUT2D eigenvalue weighted by Crippen LogP contribution is 2.19. The molecule has 1 aromatic rings. The van der Waals surface area contributed by atoms with E-state index in [-0.39, 0.29) is 5.82 Å². The Bertz CT molecular complexity index is 423. The summed E-state index contributed by atoms with van der Waals surface area (Å²) in [5, 5.41) is 10.2. The summed E-state index contributed by atoms with van der Waals surface area (Å²) < 4.78 is 13.5. The number of rotatable bonds is 9. The van der Waals surface area contributed by atoms with Crippen LogP contribution in [0.5, 0.6) is 0 Å². The van der Waals surface area contributed by atoms with Crippen molar-refractivity contribution in [3.63, 3.8) is 0 Å². The van der Waals surface area contributed by atoms with E-state index >= 15 is 0 Å². The van der Waals surface area contributed by atoms with E-state index in [0.29, 0.717) is 17.5 Å². The summed E-state index contributed by atoms with van der Waals surface area (Å²) in [6.07, 6.45) is 1.14. The van der Waals surface area contributed by atoms with Crippen molar-refractivity contribution < 1.29 is 9.50 Å². The zero-order valence-corrected chi connectivity index (χ0v) is 13.8. The van der Waals surface area contributed by atoms with Crippen molar-refractivity contribution in [3.8, 4) is 0 Å². The van der Waals surface area contributed by atoms with E-state index in [2.05, 4.69) is 30.8 Å². The summed E-state index contributed by atoms with van der Waals surface area (Å²) in [5.74, 6) is -0.246. The minimum absolute atomic E-state index is 0.246. The van der Waals surface area contributed by atoms with Gasteiger partial charge < -0.3 is 14.9 Å². The maximum atomic E-state index is 13.5. The maximum Gasteiger partial charge on any atom is 0.126 e. The Labute approximate surface area is 128 Å². The van der Waals surface area contributed by atoms with Gasteiger partial charge in [-0.15, -0.1) is 0 Å². The second-order valence-corrected chi connectivity index (χ2v) is 5.96. The zero-order valence-electron chi connectivity index (χ0n) is 13.8. The van der Waals surface area contributed by atoms with Gasteiger partial charge in [-0.25, -0.2) is 4.39 Å². The SMILES string of the molecule is CCCN(CCC(O)c1ccc(C)c(F)c1)CCN(C)C. The Hall–Kier alpha value is -0.970. The van der Waals surface area contributed by atoms with Crippen molar-refractivity contribution in [1.29, 1.82) is 0 Å². The van der Waals surface area contributed by atoms with E-state index < -0.39 is 6.10 Å². The molecule has 0 spiro atoms. The van der Waals surface area contributed by atoms with Gasteiger partial charge in [0.1, 0.15) is 5.82 Å². The number of halogens is 1. The summed E-state index contributed by atoms with van der Waals surface area (Å²) in [6, 6.07) is 4.99. The number of likely N-dealkylation sites (N-methyl/N-ethyl adjacent to an activating group) is 1. The van der Waals surface area contributed by atoms with Gasteiger partial charge in [-0.2, -0.15) is 0 Å². The van der Waals surface area contributed by atoms with Crippen LogP contribution in [0.2, 0.25) is 0 Å². The van der Waals surface area contributed by atoms with E-state index in [1.165, 1.54) is 6.07 Å². The van der Waals surface area contributed by atoms with Crippen LogP contribution in [0.1, 0.15) is 37.0 Å². The lowest BCUT2D eigenvalue weighted by atomic mass is 10.0. The number of hydrogen-bond donors (Lipinski definition) is 1. The molecule has 0 aliphatic rings. The van der Waals surface area contributed by atoms with Crippen LogP contribution in [0, 0.1) is 12.7 Å². The first-order valence-corrected chi connectivity index (χ1v) is 7.75. The molecule has 120 valence electrons. The number of aryl methyl sites for hydroxylation is 1. The average Bonchev–Trinajstić information content (AvgIpc) is 2.44. The summed E-state index contributed by atoms with van der Waals surface area (Å²) in [6.45, 7) is 7.76. The Morgan fingerprint density at radius 2 is 1.86 bits per heavy atom. The quantitative estimate of drug-likeness (QED) is 0.759. The van der Waals surface area contributed by atoms with Gasteiger partial charge in [-0.1, -0.05) is 19.1 Å². The Morgan fingerprint density at radius 1 is 1.14 bits per heavy atom. The molecule has 0 saturated carbocycles. The molecule has 0 fully saturated rings. The molecule has 0 radical (unpaired) electrons. The van der Waals surface area contributed by atoms with Gasteiger partial charge in [-0.3, -0.25) is 0 Å². The molecule has 4 heteroatoms. The standard InChI is InChI=1S/C17H29FN2O/c1-5-9-20(12-11-19(3)4)10-8-17(21)15-7-6-14(2)16(18)13-15/h6-7,13,17,21H,5,8-12H2,1-4H3. The molecule has 3 nitrogen and oxygen atoms in total. The minimum Gasteiger partial charge on any atom is -0.388 e. The summed E-state index contributed by atoms with van der Waals surface area (Å²) in [7, 11) is 4.13. The lowest BCUT2D eigenvalue weighted by Crippen LogP contribution is -2.33. The van der Waals surface area contributed by atoms with Crippen LogP contribution in [0.3, 0.4) is 0 Å². The van der Waals surface area contributed by atoms with Crippen LogP contribution >= 0.6 is 0 Å². The largest absolute Gasteiger partial charge is 0.388 e. The molecule has 1 N–H and O–H groups in total. The van der Waals surface area contributed by atoms with E-state index in [9.17, 15) is 9.50 Å². The molecule has 1 unspecified atom stereocenters. The first-order chi connectivity index (χ1) is 9.93. The molecule has 0 aliphatic heterocycles. The van der Waals surface area contributed by atoms with E-state index in [1.807, 2.05) is 6.07 Å². The summed E-state index contributed by atoms with van der Waals surface area (Å²) in [5.41, 5.74) is 1.28. The fourth-order valence-corrected chi connectivity index (χ4v) is 2.28. The predicted octanol–water partition coefficient (Wildman–Crippen LogP) is 2.83. The lowest BCUT2D eigenvalue weighted by molar-refractivity contribution is 0.138. The topological polar surface area (TPSA) is 26.7 Å². The molecule has 0 saturated heterocycles. The number of aliphatic hydroxyl groups excluding tert-OH is 1. The van der Waals surface area contributed by atoms with Crippen molar-refractivity contribution in [3.05, 3.63) is 35.1 Å². The monoisotopic (exact) mass is 296 g/mol. The van der Waals surface area contributed by atoms with E-state index in [4.69, 9.17) is 0 Å². The van der Waals surface area contributed by atoms with Crippen molar-refractivity contribution in [2.75, 3.05) is 40.3 Å². The molecule has 0 amide bonds. The highest BCUT2D eigenvalue weighted by molar-refractivity contribution is 5.24. The van der Waals surface area contributed by atoms with Gasteiger partial charge in [0.05, 0.1) is 6.10 Å². The van der Waals surface area contributed by atoms with Crippen LogP contribution in [0.4, 0.5) is 4.39 Å². The zero-order chi connectivity index (χ0) is 15.8. The Balaban J connectivity index is 2.51. The molecule has 1 aromatic carbocycles. The fourth-order valence-electron chi connectivity index (χ4n) is 2.28. The van der Waals surface area contributed by atoms with Crippen molar-refractivity contribution >= 4 is 0 Å². The van der Waals surface area contributed by atoms with Crippen LogP contribution in [0.15, 0.2) is 18.2 Å². The smallest absolute Gasteiger partial charge is 0.126 e. The van der Waals surface area contributed by atoms with Gasteiger partial charge in [-0.05, 0) is 57.6 Å². The molecule has 0 aromatic heterocycles. The highest BCUT2D eigenvalue weighted by atomic mass is 19.1. The van der Waals surface area contributed by atoms with Gasteiger partial charge in [0.25, 0.3) is 0 Å². The van der Waals surface area contributed by atoms with Gasteiger partial charge >= 0.3 is 0 Å². The minimum atomic E-state index is -0.598. The molecular weight excluding hydrogens is 267 g/mol. The molecule has 21 heavy (non-hydrogen) atoms. The van der Waals surface area contributed by atoms with Crippen LogP contribution in [-0.4, -0.2) is 55.2 Å². The molecular formula is C17H29FN2O.